The molecule has 1 aliphatic heterocycles. The summed E-state index contributed by atoms with van der Waals surface area (Å²) in [7, 11) is 2.01. The first kappa shape index (κ1) is 14.2. The maximum atomic E-state index is 4.75. The summed E-state index contributed by atoms with van der Waals surface area (Å²) in [5.41, 5.74) is 4.52. The standard InChI is InChI=1S/C14H15N3S.ClH/c1-10-12-13(11-6-4-3-5-7-11)15-8-9-18-14(12)17(2)16-10;/h3-7H,8-9H2,1-2H3;1H. The van der Waals surface area contributed by atoms with Gasteiger partial charge in [-0.25, -0.2) is 0 Å². The van der Waals surface area contributed by atoms with Crippen LogP contribution in [0.1, 0.15) is 16.8 Å². The van der Waals surface area contributed by atoms with Gasteiger partial charge in [0.05, 0.1) is 17.0 Å². The number of hydrogen-bond acceptors (Lipinski definition) is 3. The number of benzene rings is 1. The van der Waals surface area contributed by atoms with Crippen molar-refractivity contribution in [2.24, 2.45) is 12.0 Å². The second-order valence-corrected chi connectivity index (χ2v) is 5.42. The topological polar surface area (TPSA) is 30.2 Å². The van der Waals surface area contributed by atoms with Gasteiger partial charge in [0, 0.05) is 24.9 Å². The highest BCUT2D eigenvalue weighted by Crippen LogP contribution is 2.29. The van der Waals surface area contributed by atoms with E-state index in [1.54, 1.807) is 0 Å². The molecule has 19 heavy (non-hydrogen) atoms. The largest absolute Gasteiger partial charge is 0.283 e. The molecule has 0 unspecified atom stereocenters. The summed E-state index contributed by atoms with van der Waals surface area (Å²) >= 11 is 1.84. The van der Waals surface area contributed by atoms with Crippen molar-refractivity contribution in [3.63, 3.8) is 0 Å². The van der Waals surface area contributed by atoms with E-state index in [0.29, 0.717) is 0 Å². The summed E-state index contributed by atoms with van der Waals surface area (Å²) in [5, 5.41) is 5.75. The van der Waals surface area contributed by atoms with E-state index in [2.05, 4.69) is 36.3 Å². The van der Waals surface area contributed by atoms with Crippen LogP contribution in [0, 0.1) is 6.92 Å². The molecule has 0 aliphatic carbocycles. The average molecular weight is 294 g/mol. The molecule has 1 aliphatic rings. The third-order valence-electron chi connectivity index (χ3n) is 3.05. The van der Waals surface area contributed by atoms with E-state index in [1.165, 1.54) is 16.2 Å². The summed E-state index contributed by atoms with van der Waals surface area (Å²) in [6.07, 6.45) is 0. The number of nitrogens with zero attached hydrogens (tertiary/aromatic N) is 3. The van der Waals surface area contributed by atoms with Crippen molar-refractivity contribution in [1.29, 1.82) is 0 Å². The van der Waals surface area contributed by atoms with Crippen LogP contribution in [0.4, 0.5) is 0 Å². The van der Waals surface area contributed by atoms with Gasteiger partial charge in [-0.15, -0.1) is 24.2 Å². The monoisotopic (exact) mass is 293 g/mol. The fraction of sp³-hybridized carbons (Fsp3) is 0.286. The van der Waals surface area contributed by atoms with E-state index in [-0.39, 0.29) is 12.4 Å². The molecule has 0 spiro atoms. The molecule has 3 rings (SSSR count). The molecule has 0 atom stereocenters. The van der Waals surface area contributed by atoms with E-state index < -0.39 is 0 Å². The zero-order valence-electron chi connectivity index (χ0n) is 11.0. The molecule has 0 saturated heterocycles. The summed E-state index contributed by atoms with van der Waals surface area (Å²) in [4.78, 5) is 4.75. The Bertz CT molecular complexity index is 605. The predicted molar refractivity (Wildman–Crippen MR) is 82.9 cm³/mol. The Morgan fingerprint density at radius 3 is 2.68 bits per heavy atom. The molecule has 0 N–H and O–H groups in total. The van der Waals surface area contributed by atoms with Crippen molar-refractivity contribution in [1.82, 2.24) is 9.78 Å². The Hall–Kier alpha value is -1.26. The molecule has 0 saturated carbocycles. The number of rotatable bonds is 1. The first-order valence-electron chi connectivity index (χ1n) is 6.04. The fourth-order valence-electron chi connectivity index (χ4n) is 2.29. The van der Waals surface area contributed by atoms with Gasteiger partial charge in [-0.05, 0) is 6.92 Å². The lowest BCUT2D eigenvalue weighted by atomic mass is 10.0. The van der Waals surface area contributed by atoms with Crippen LogP contribution in [-0.2, 0) is 7.05 Å². The quantitative estimate of drug-likeness (QED) is 0.809. The third-order valence-corrected chi connectivity index (χ3v) is 4.18. The first-order chi connectivity index (χ1) is 8.77. The molecule has 100 valence electrons. The first-order valence-corrected chi connectivity index (χ1v) is 7.02. The van der Waals surface area contributed by atoms with Crippen LogP contribution in [0.5, 0.6) is 0 Å². The van der Waals surface area contributed by atoms with Gasteiger partial charge in [-0.2, -0.15) is 5.10 Å². The molecular weight excluding hydrogens is 278 g/mol. The van der Waals surface area contributed by atoms with Crippen LogP contribution in [0.25, 0.3) is 0 Å². The van der Waals surface area contributed by atoms with Gasteiger partial charge in [0.25, 0.3) is 0 Å². The second kappa shape index (κ2) is 5.80. The highest BCUT2D eigenvalue weighted by molar-refractivity contribution is 7.99. The Morgan fingerprint density at radius 2 is 1.95 bits per heavy atom. The number of fused-ring (bicyclic) bond motifs is 1. The average Bonchev–Trinajstić information content (AvgIpc) is 2.58. The van der Waals surface area contributed by atoms with Gasteiger partial charge in [-0.3, -0.25) is 9.67 Å². The van der Waals surface area contributed by atoms with E-state index >= 15 is 0 Å². The number of halogens is 1. The van der Waals surface area contributed by atoms with Crippen molar-refractivity contribution in [2.75, 3.05) is 12.3 Å². The Balaban J connectivity index is 0.00000133. The van der Waals surface area contributed by atoms with Crippen LogP contribution < -0.4 is 0 Å². The molecule has 0 bridgehead atoms. The molecular formula is C14H16ClN3S. The molecule has 0 amide bonds. The minimum Gasteiger partial charge on any atom is -0.283 e. The molecule has 2 aromatic rings. The molecule has 1 aromatic heterocycles. The van der Waals surface area contributed by atoms with Gasteiger partial charge in [0.15, 0.2) is 0 Å². The van der Waals surface area contributed by atoms with Gasteiger partial charge in [-0.1, -0.05) is 30.3 Å². The molecule has 2 heterocycles. The number of hydrogen-bond donors (Lipinski definition) is 0. The van der Waals surface area contributed by atoms with Crippen molar-refractivity contribution in [3.8, 4) is 0 Å². The molecule has 0 fully saturated rings. The highest BCUT2D eigenvalue weighted by atomic mass is 35.5. The van der Waals surface area contributed by atoms with Gasteiger partial charge >= 0.3 is 0 Å². The zero-order valence-corrected chi connectivity index (χ0v) is 12.6. The van der Waals surface area contributed by atoms with Crippen molar-refractivity contribution in [2.45, 2.75) is 11.9 Å². The minimum absolute atomic E-state index is 0. The summed E-state index contributed by atoms with van der Waals surface area (Å²) in [6, 6.07) is 10.4. The smallest absolute Gasteiger partial charge is 0.103 e. The lowest BCUT2D eigenvalue weighted by molar-refractivity contribution is 0.692. The van der Waals surface area contributed by atoms with Crippen LogP contribution in [0.15, 0.2) is 40.4 Å². The van der Waals surface area contributed by atoms with Crippen LogP contribution in [-0.4, -0.2) is 27.8 Å². The Morgan fingerprint density at radius 1 is 1.21 bits per heavy atom. The SMILES string of the molecule is Cc1nn(C)c2c1C(c1ccccc1)=NCCS2.Cl. The molecule has 5 heteroatoms. The van der Waals surface area contributed by atoms with Crippen molar-refractivity contribution < 1.29 is 0 Å². The highest BCUT2D eigenvalue weighted by Gasteiger charge is 2.21. The normalized spacial score (nSPS) is 14.1. The van der Waals surface area contributed by atoms with E-state index in [9.17, 15) is 0 Å². The summed E-state index contributed by atoms with van der Waals surface area (Å²) < 4.78 is 1.97. The number of aliphatic imine (C=N–C) groups is 1. The molecule has 0 radical (unpaired) electrons. The van der Waals surface area contributed by atoms with E-state index in [4.69, 9.17) is 4.99 Å². The van der Waals surface area contributed by atoms with Gasteiger partial charge in [0.1, 0.15) is 5.03 Å². The third kappa shape index (κ3) is 2.55. The van der Waals surface area contributed by atoms with Crippen LogP contribution in [0.2, 0.25) is 0 Å². The molecule has 1 aromatic carbocycles. The summed E-state index contributed by atoms with van der Waals surface area (Å²) in [6.45, 7) is 2.92. The number of thioether (sulfide) groups is 1. The van der Waals surface area contributed by atoms with Crippen molar-refractivity contribution in [3.05, 3.63) is 47.2 Å². The maximum absolute atomic E-state index is 4.75. The lowest BCUT2D eigenvalue weighted by Gasteiger charge is -2.06. The lowest BCUT2D eigenvalue weighted by Crippen LogP contribution is -2.05. The number of aromatic nitrogens is 2. The zero-order chi connectivity index (χ0) is 12.5. The fourth-order valence-corrected chi connectivity index (χ4v) is 3.28. The van der Waals surface area contributed by atoms with Gasteiger partial charge < -0.3 is 0 Å². The summed E-state index contributed by atoms with van der Waals surface area (Å²) in [5.74, 6) is 1.02. The van der Waals surface area contributed by atoms with E-state index in [0.717, 1.165) is 23.7 Å². The van der Waals surface area contributed by atoms with Crippen molar-refractivity contribution >= 4 is 29.9 Å². The Kier molecular flexibility index (Phi) is 4.32. The predicted octanol–water partition coefficient (Wildman–Crippen LogP) is 3.09. The minimum atomic E-state index is 0. The molecule has 3 nitrogen and oxygen atoms in total. The maximum Gasteiger partial charge on any atom is 0.103 e. The second-order valence-electron chi connectivity index (χ2n) is 4.33. The van der Waals surface area contributed by atoms with Crippen LogP contribution in [0.3, 0.4) is 0 Å². The van der Waals surface area contributed by atoms with E-state index in [1.807, 2.05) is 29.6 Å². The Labute approximate surface area is 123 Å². The van der Waals surface area contributed by atoms with Gasteiger partial charge in [0.2, 0.25) is 0 Å². The van der Waals surface area contributed by atoms with Crippen LogP contribution >= 0.6 is 24.2 Å². The number of aryl methyl sites for hydroxylation is 2.